The first-order chi connectivity index (χ1) is 18.8. The first-order valence-electron chi connectivity index (χ1n) is 12.5. The quantitative estimate of drug-likeness (QED) is 0.147. The van der Waals surface area contributed by atoms with E-state index in [2.05, 4.69) is 120 Å². The molecule has 8 aromatic rings. The molecular weight excluding hydrogens is 579 g/mol. The predicted octanol–water partition coefficient (Wildman–Crippen LogP) is 9.77. The fraction of sp³-hybridized carbons (Fsp3) is 0. The van der Waals surface area contributed by atoms with Gasteiger partial charge in [0.15, 0.2) is 17.0 Å². The zero-order valence-corrected chi connectivity index (χ0v) is 22.3. The Morgan fingerprint density at radius 2 is 1.08 bits per heavy atom. The van der Waals surface area contributed by atoms with E-state index in [0.29, 0.717) is 5.82 Å². The molecule has 0 radical (unpaired) electrons. The summed E-state index contributed by atoms with van der Waals surface area (Å²) < 4.78 is 7.46. The van der Waals surface area contributed by atoms with Crippen molar-refractivity contribution in [3.05, 3.63) is 119 Å². The number of para-hydroxylation sites is 1. The zero-order chi connectivity index (χ0) is 25.2. The third-order valence-electron chi connectivity index (χ3n) is 7.34. The van der Waals surface area contributed by atoms with Crippen LogP contribution >= 0.6 is 22.6 Å². The minimum absolute atomic E-state index is 0.692. The van der Waals surface area contributed by atoms with E-state index in [0.717, 1.165) is 42.5 Å². The number of hydrogen-bond acceptors (Lipinski definition) is 3. The molecule has 0 unspecified atom stereocenters. The van der Waals surface area contributed by atoms with Crippen molar-refractivity contribution in [1.29, 1.82) is 0 Å². The molecule has 0 amide bonds. The van der Waals surface area contributed by atoms with Crippen molar-refractivity contribution in [2.75, 3.05) is 0 Å². The Bertz CT molecular complexity index is 2160. The molecule has 0 atom stereocenters. The largest absolute Gasteiger partial charge is 0.451 e. The summed E-state index contributed by atoms with van der Waals surface area (Å²) in [5.41, 5.74) is 5.20. The topological polar surface area (TPSA) is 38.9 Å². The average molecular weight is 598 g/mol. The molecule has 0 aliphatic heterocycles. The third-order valence-corrected chi connectivity index (χ3v) is 8.19. The van der Waals surface area contributed by atoms with Crippen LogP contribution in [-0.2, 0) is 0 Å². The van der Waals surface area contributed by atoms with Crippen molar-refractivity contribution < 1.29 is 4.42 Å². The van der Waals surface area contributed by atoms with Crippen LogP contribution in [0, 0.1) is 3.57 Å². The van der Waals surface area contributed by atoms with Gasteiger partial charge in [0.05, 0.1) is 3.57 Å². The fourth-order valence-electron chi connectivity index (χ4n) is 5.60. The molecule has 0 fully saturated rings. The molecule has 0 N–H and O–H groups in total. The predicted molar refractivity (Wildman–Crippen MR) is 165 cm³/mol. The molecule has 2 heterocycles. The van der Waals surface area contributed by atoms with Gasteiger partial charge in [0.25, 0.3) is 0 Å². The highest BCUT2D eigenvalue weighted by atomic mass is 127. The number of benzene rings is 6. The lowest BCUT2D eigenvalue weighted by molar-refractivity contribution is 0.665. The van der Waals surface area contributed by atoms with Gasteiger partial charge in [-0.25, -0.2) is 9.97 Å². The Morgan fingerprint density at radius 1 is 0.474 bits per heavy atom. The molecule has 0 bridgehead atoms. The molecule has 0 saturated carbocycles. The number of furan rings is 1. The van der Waals surface area contributed by atoms with Crippen LogP contribution in [0.5, 0.6) is 0 Å². The van der Waals surface area contributed by atoms with Gasteiger partial charge in [-0.05, 0) is 73.1 Å². The standard InChI is InChI=1S/C34H19IN2O/c35-29-16-8-15-27-31-33(38-32(27)29)30(20-9-2-1-3-10-20)36-34(37-31)21-17-18-26-24-13-5-4-11-22(24)23-12-6-7-14-25(23)28(26)19-21/h1-19H. The van der Waals surface area contributed by atoms with E-state index in [4.69, 9.17) is 14.4 Å². The van der Waals surface area contributed by atoms with Gasteiger partial charge >= 0.3 is 0 Å². The molecule has 0 saturated heterocycles. The molecule has 0 aliphatic carbocycles. The lowest BCUT2D eigenvalue weighted by Gasteiger charge is -2.12. The van der Waals surface area contributed by atoms with Crippen molar-refractivity contribution in [1.82, 2.24) is 9.97 Å². The summed E-state index contributed by atoms with van der Waals surface area (Å²) in [4.78, 5) is 10.2. The Labute approximate surface area is 231 Å². The van der Waals surface area contributed by atoms with E-state index >= 15 is 0 Å². The lowest BCUT2D eigenvalue weighted by atomic mass is 9.93. The second-order valence-corrected chi connectivity index (χ2v) is 10.7. The van der Waals surface area contributed by atoms with E-state index in [1.807, 2.05) is 18.2 Å². The first kappa shape index (κ1) is 21.8. The van der Waals surface area contributed by atoms with Gasteiger partial charge in [-0.15, -0.1) is 0 Å². The van der Waals surface area contributed by atoms with Crippen LogP contribution in [0.15, 0.2) is 120 Å². The minimum Gasteiger partial charge on any atom is -0.451 e. The SMILES string of the molecule is Ic1cccc2c1oc1c(-c3ccccc3)nc(-c3ccc4c5ccccc5c5ccccc5c4c3)nc12. The molecule has 0 aliphatic rings. The number of rotatable bonds is 2. The summed E-state index contributed by atoms with van der Waals surface area (Å²) in [6.07, 6.45) is 0. The maximum absolute atomic E-state index is 6.40. The summed E-state index contributed by atoms with van der Waals surface area (Å²) in [6, 6.07) is 40.3. The highest BCUT2D eigenvalue weighted by Crippen LogP contribution is 2.39. The van der Waals surface area contributed by atoms with Gasteiger partial charge in [0.1, 0.15) is 11.2 Å². The molecular formula is C34H19IN2O. The molecule has 2 aromatic heterocycles. The lowest BCUT2D eigenvalue weighted by Crippen LogP contribution is -1.94. The first-order valence-corrected chi connectivity index (χ1v) is 13.6. The van der Waals surface area contributed by atoms with Gasteiger partial charge in [0, 0.05) is 16.5 Å². The number of aromatic nitrogens is 2. The van der Waals surface area contributed by atoms with Crippen LogP contribution in [0.1, 0.15) is 0 Å². The molecule has 4 heteroatoms. The van der Waals surface area contributed by atoms with Crippen molar-refractivity contribution in [2.45, 2.75) is 0 Å². The maximum Gasteiger partial charge on any atom is 0.180 e. The van der Waals surface area contributed by atoms with Crippen molar-refractivity contribution >= 4 is 77.0 Å². The summed E-state index contributed by atoms with van der Waals surface area (Å²) in [7, 11) is 0. The highest BCUT2D eigenvalue weighted by Gasteiger charge is 2.19. The molecule has 6 aromatic carbocycles. The second-order valence-electron chi connectivity index (χ2n) is 9.51. The molecule has 3 nitrogen and oxygen atoms in total. The van der Waals surface area contributed by atoms with E-state index in [1.54, 1.807) is 0 Å². The fourth-order valence-corrected chi connectivity index (χ4v) is 6.21. The molecule has 178 valence electrons. The monoisotopic (exact) mass is 598 g/mol. The van der Waals surface area contributed by atoms with E-state index in [-0.39, 0.29) is 0 Å². The van der Waals surface area contributed by atoms with E-state index in [9.17, 15) is 0 Å². The molecule has 38 heavy (non-hydrogen) atoms. The Morgan fingerprint density at radius 3 is 1.79 bits per heavy atom. The summed E-state index contributed by atoms with van der Waals surface area (Å²) >= 11 is 2.32. The van der Waals surface area contributed by atoms with Crippen LogP contribution in [0.25, 0.3) is 77.0 Å². The van der Waals surface area contributed by atoms with Crippen molar-refractivity contribution in [3.63, 3.8) is 0 Å². The average Bonchev–Trinajstić information content (AvgIpc) is 3.37. The van der Waals surface area contributed by atoms with Gasteiger partial charge in [0.2, 0.25) is 0 Å². The third kappa shape index (κ3) is 3.20. The van der Waals surface area contributed by atoms with Gasteiger partial charge in [-0.1, -0.05) is 97.1 Å². The minimum atomic E-state index is 0.692. The van der Waals surface area contributed by atoms with Gasteiger partial charge < -0.3 is 4.42 Å². The number of nitrogens with zero attached hydrogens (tertiary/aromatic N) is 2. The van der Waals surface area contributed by atoms with Crippen molar-refractivity contribution in [3.8, 4) is 22.6 Å². The summed E-state index contributed by atoms with van der Waals surface area (Å²) in [5.74, 6) is 0.692. The van der Waals surface area contributed by atoms with Gasteiger partial charge in [-0.3, -0.25) is 0 Å². The van der Waals surface area contributed by atoms with E-state index in [1.165, 1.54) is 32.3 Å². The number of halogens is 1. The van der Waals surface area contributed by atoms with Crippen LogP contribution in [0.4, 0.5) is 0 Å². The number of hydrogen-bond donors (Lipinski definition) is 0. The van der Waals surface area contributed by atoms with Crippen LogP contribution in [0.3, 0.4) is 0 Å². The summed E-state index contributed by atoms with van der Waals surface area (Å²) in [6.45, 7) is 0. The van der Waals surface area contributed by atoms with Crippen LogP contribution in [-0.4, -0.2) is 9.97 Å². The van der Waals surface area contributed by atoms with Crippen LogP contribution < -0.4 is 0 Å². The molecule has 0 spiro atoms. The Balaban J connectivity index is 1.47. The number of fused-ring (bicyclic) bond motifs is 9. The second kappa shape index (κ2) is 8.36. The highest BCUT2D eigenvalue weighted by molar-refractivity contribution is 14.1. The van der Waals surface area contributed by atoms with Crippen molar-refractivity contribution in [2.24, 2.45) is 0 Å². The maximum atomic E-state index is 6.40. The normalized spacial score (nSPS) is 11.8. The molecule has 8 rings (SSSR count). The Hall–Kier alpha value is -4.29. The van der Waals surface area contributed by atoms with Gasteiger partial charge in [-0.2, -0.15) is 0 Å². The Kier molecular flexibility index (Phi) is 4.79. The van der Waals surface area contributed by atoms with Crippen LogP contribution in [0.2, 0.25) is 0 Å². The summed E-state index contributed by atoms with van der Waals surface area (Å²) in [5, 5.41) is 8.45. The zero-order valence-electron chi connectivity index (χ0n) is 20.2. The smallest absolute Gasteiger partial charge is 0.180 e. The van der Waals surface area contributed by atoms with E-state index < -0.39 is 0 Å².